The first-order valence-corrected chi connectivity index (χ1v) is 8.13. The molecule has 2 rings (SSSR count). The molecule has 1 aliphatic carbocycles. The normalized spacial score (nSPS) is 14.8. The molecule has 0 aromatic heterocycles. The Hall–Kier alpha value is -0.670. The summed E-state index contributed by atoms with van der Waals surface area (Å²) in [4.78, 5) is 2.33. The van der Waals surface area contributed by atoms with E-state index in [-0.39, 0.29) is 0 Å². The summed E-state index contributed by atoms with van der Waals surface area (Å²) < 4.78 is 0. The van der Waals surface area contributed by atoms with Crippen LogP contribution in [0.15, 0.2) is 18.2 Å². The topological polar surface area (TPSA) is 15.3 Å². The molecule has 0 saturated heterocycles. The van der Waals surface area contributed by atoms with Crippen molar-refractivity contribution in [3.8, 4) is 0 Å². The van der Waals surface area contributed by atoms with Crippen LogP contribution in [-0.4, -0.2) is 31.6 Å². The number of hydrogen-bond acceptors (Lipinski definition) is 3. The van der Waals surface area contributed by atoms with E-state index in [1.165, 1.54) is 35.4 Å². The number of anilines is 1. The Morgan fingerprint density at radius 3 is 2.78 bits per heavy atom. The lowest BCUT2D eigenvalue weighted by molar-refractivity contribution is 0.685. The molecular formula is C15H24N2S. The molecule has 1 fully saturated rings. The van der Waals surface area contributed by atoms with Gasteiger partial charge in [0.15, 0.2) is 0 Å². The van der Waals surface area contributed by atoms with Crippen molar-refractivity contribution < 1.29 is 0 Å². The van der Waals surface area contributed by atoms with Gasteiger partial charge in [-0.3, -0.25) is 0 Å². The van der Waals surface area contributed by atoms with E-state index >= 15 is 0 Å². The van der Waals surface area contributed by atoms with Gasteiger partial charge in [-0.2, -0.15) is 11.8 Å². The molecule has 0 bridgehead atoms. The summed E-state index contributed by atoms with van der Waals surface area (Å²) in [6, 6.07) is 7.62. The molecule has 0 aliphatic heterocycles. The fraction of sp³-hybridized carbons (Fsp3) is 0.600. The Labute approximate surface area is 115 Å². The standard InChI is InChI=1S/C15H24N2S/c1-12-10-15(17(2)8-9-18-3)7-4-13(12)11-16-14-5-6-14/h4,7,10,14,16H,5-6,8-9,11H2,1-3H3. The van der Waals surface area contributed by atoms with Crippen molar-refractivity contribution in [2.45, 2.75) is 32.4 Å². The third-order valence-corrected chi connectivity index (χ3v) is 4.15. The average Bonchev–Trinajstić information content (AvgIpc) is 3.18. The molecular weight excluding hydrogens is 240 g/mol. The summed E-state index contributed by atoms with van der Waals surface area (Å²) in [6.07, 6.45) is 4.87. The maximum absolute atomic E-state index is 3.58. The van der Waals surface area contributed by atoms with Gasteiger partial charge in [0, 0.05) is 37.6 Å². The van der Waals surface area contributed by atoms with Crippen molar-refractivity contribution in [2.75, 3.05) is 30.5 Å². The van der Waals surface area contributed by atoms with Crippen molar-refractivity contribution in [1.29, 1.82) is 0 Å². The maximum atomic E-state index is 3.58. The van der Waals surface area contributed by atoms with Gasteiger partial charge in [0.25, 0.3) is 0 Å². The first kappa shape index (κ1) is 13.8. The lowest BCUT2D eigenvalue weighted by atomic mass is 10.1. The highest BCUT2D eigenvalue weighted by Crippen LogP contribution is 2.22. The van der Waals surface area contributed by atoms with E-state index in [0.29, 0.717) is 0 Å². The molecule has 0 heterocycles. The molecule has 0 amide bonds. The van der Waals surface area contributed by atoms with Crippen LogP contribution < -0.4 is 10.2 Å². The van der Waals surface area contributed by atoms with Gasteiger partial charge in [-0.1, -0.05) is 6.07 Å². The van der Waals surface area contributed by atoms with Gasteiger partial charge >= 0.3 is 0 Å². The smallest absolute Gasteiger partial charge is 0.0366 e. The minimum Gasteiger partial charge on any atom is -0.374 e. The van der Waals surface area contributed by atoms with Crippen LogP contribution in [0.4, 0.5) is 5.69 Å². The molecule has 0 spiro atoms. The second kappa shape index (κ2) is 6.48. The van der Waals surface area contributed by atoms with E-state index < -0.39 is 0 Å². The summed E-state index contributed by atoms with van der Waals surface area (Å²) in [5.74, 6) is 1.18. The number of aryl methyl sites for hydroxylation is 1. The number of thioether (sulfide) groups is 1. The van der Waals surface area contributed by atoms with Crippen molar-refractivity contribution in [3.63, 3.8) is 0 Å². The Morgan fingerprint density at radius 2 is 2.17 bits per heavy atom. The number of rotatable bonds is 7. The molecule has 1 aromatic rings. The van der Waals surface area contributed by atoms with Crippen molar-refractivity contribution in [1.82, 2.24) is 5.32 Å². The summed E-state index contributed by atoms with van der Waals surface area (Å²) in [7, 11) is 2.17. The van der Waals surface area contributed by atoms with Crippen LogP contribution >= 0.6 is 11.8 Å². The highest BCUT2D eigenvalue weighted by atomic mass is 32.2. The fourth-order valence-corrected chi connectivity index (χ4v) is 2.47. The molecule has 2 nitrogen and oxygen atoms in total. The highest BCUT2D eigenvalue weighted by Gasteiger charge is 2.20. The second-order valence-electron chi connectivity index (χ2n) is 5.18. The zero-order chi connectivity index (χ0) is 13.0. The number of benzene rings is 1. The van der Waals surface area contributed by atoms with Gasteiger partial charge < -0.3 is 10.2 Å². The van der Waals surface area contributed by atoms with Crippen molar-refractivity contribution in [2.24, 2.45) is 0 Å². The number of nitrogens with one attached hydrogen (secondary N) is 1. The minimum absolute atomic E-state index is 0.785. The fourth-order valence-electron chi connectivity index (χ4n) is 2.01. The lowest BCUT2D eigenvalue weighted by Gasteiger charge is -2.20. The molecule has 0 unspecified atom stereocenters. The van der Waals surface area contributed by atoms with Crippen LogP contribution in [0.1, 0.15) is 24.0 Å². The van der Waals surface area contributed by atoms with Crippen LogP contribution in [0.3, 0.4) is 0 Å². The van der Waals surface area contributed by atoms with Gasteiger partial charge in [-0.25, -0.2) is 0 Å². The Bertz CT molecular complexity index is 388. The minimum atomic E-state index is 0.785. The maximum Gasteiger partial charge on any atom is 0.0366 e. The van der Waals surface area contributed by atoms with Crippen LogP contribution in [-0.2, 0) is 6.54 Å². The molecule has 3 heteroatoms. The second-order valence-corrected chi connectivity index (χ2v) is 6.17. The van der Waals surface area contributed by atoms with Crippen molar-refractivity contribution >= 4 is 17.4 Å². The first-order valence-electron chi connectivity index (χ1n) is 6.73. The van der Waals surface area contributed by atoms with E-state index in [9.17, 15) is 0 Å². The SMILES string of the molecule is CSCCN(C)c1ccc(CNC2CC2)c(C)c1. The van der Waals surface area contributed by atoms with Gasteiger partial charge in [-0.05, 0) is 49.3 Å². The molecule has 0 atom stereocenters. The van der Waals surface area contributed by atoms with Gasteiger partial charge in [-0.15, -0.1) is 0 Å². The predicted molar refractivity (Wildman–Crippen MR) is 82.7 cm³/mol. The molecule has 1 aliphatic rings. The van der Waals surface area contributed by atoms with E-state index in [1.54, 1.807) is 0 Å². The van der Waals surface area contributed by atoms with Crippen molar-refractivity contribution in [3.05, 3.63) is 29.3 Å². The summed E-state index contributed by atoms with van der Waals surface area (Å²) in [5.41, 5.74) is 4.16. The van der Waals surface area contributed by atoms with E-state index in [4.69, 9.17) is 0 Å². The molecule has 100 valence electrons. The zero-order valence-corrected chi connectivity index (χ0v) is 12.5. The van der Waals surface area contributed by atoms with Gasteiger partial charge in [0.1, 0.15) is 0 Å². The zero-order valence-electron chi connectivity index (χ0n) is 11.7. The van der Waals surface area contributed by atoms with E-state index in [2.05, 4.69) is 48.6 Å². The third-order valence-electron chi connectivity index (χ3n) is 3.56. The Kier molecular flexibility index (Phi) is 4.95. The molecule has 0 radical (unpaired) electrons. The average molecular weight is 264 g/mol. The van der Waals surface area contributed by atoms with Gasteiger partial charge in [0.2, 0.25) is 0 Å². The number of hydrogen-bond donors (Lipinski definition) is 1. The monoisotopic (exact) mass is 264 g/mol. The highest BCUT2D eigenvalue weighted by molar-refractivity contribution is 7.98. The molecule has 18 heavy (non-hydrogen) atoms. The van der Waals surface area contributed by atoms with Gasteiger partial charge in [0.05, 0.1) is 0 Å². The lowest BCUT2D eigenvalue weighted by Crippen LogP contribution is -2.21. The quantitative estimate of drug-likeness (QED) is 0.815. The number of nitrogens with zero attached hydrogens (tertiary/aromatic N) is 1. The molecule has 1 saturated carbocycles. The summed E-state index contributed by atoms with van der Waals surface area (Å²) >= 11 is 1.90. The van der Waals surface area contributed by atoms with Crippen LogP contribution in [0.2, 0.25) is 0 Å². The molecule has 1 N–H and O–H groups in total. The Balaban J connectivity index is 1.94. The van der Waals surface area contributed by atoms with Crippen LogP contribution in [0.25, 0.3) is 0 Å². The van der Waals surface area contributed by atoms with E-state index in [1.807, 2.05) is 11.8 Å². The summed E-state index contributed by atoms with van der Waals surface area (Å²) in [5, 5.41) is 3.58. The predicted octanol–water partition coefficient (Wildman–Crippen LogP) is 3.05. The molecule has 1 aromatic carbocycles. The van der Waals surface area contributed by atoms with E-state index in [0.717, 1.165) is 19.1 Å². The largest absolute Gasteiger partial charge is 0.374 e. The summed E-state index contributed by atoms with van der Waals surface area (Å²) in [6.45, 7) is 4.35. The van der Waals surface area contributed by atoms with Crippen LogP contribution in [0, 0.1) is 6.92 Å². The first-order chi connectivity index (χ1) is 8.70. The van der Waals surface area contributed by atoms with Crippen LogP contribution in [0.5, 0.6) is 0 Å². The third kappa shape index (κ3) is 3.92. The Morgan fingerprint density at radius 1 is 1.39 bits per heavy atom.